The predicted octanol–water partition coefficient (Wildman–Crippen LogP) is 2.61. The largest absolute Gasteiger partial charge is 0.466 e. The minimum Gasteiger partial charge on any atom is -0.466 e. The van der Waals surface area contributed by atoms with E-state index in [4.69, 9.17) is 9.15 Å². The summed E-state index contributed by atoms with van der Waals surface area (Å²) in [4.78, 5) is 17.7. The number of fused-ring (bicyclic) bond motifs is 1. The van der Waals surface area contributed by atoms with Gasteiger partial charge in [0.25, 0.3) is 5.91 Å². The van der Waals surface area contributed by atoms with Gasteiger partial charge in [-0.15, -0.1) is 0 Å². The Labute approximate surface area is 143 Å². The lowest BCUT2D eigenvalue weighted by Crippen LogP contribution is -2.41. The van der Waals surface area contributed by atoms with Gasteiger partial charge in [0.15, 0.2) is 0 Å². The number of amides is 1. The number of carbonyl (C=O) groups excluding carboxylic acids is 1. The number of ether oxygens (including phenoxy) is 1. The first-order valence-electron chi connectivity index (χ1n) is 9.33. The second kappa shape index (κ2) is 6.52. The quantitative estimate of drug-likeness (QED) is 0.853. The summed E-state index contributed by atoms with van der Waals surface area (Å²) in [6, 6.07) is 2.82. The Kier molecular flexibility index (Phi) is 4.39. The first-order valence-corrected chi connectivity index (χ1v) is 9.33. The summed E-state index contributed by atoms with van der Waals surface area (Å²) in [5.74, 6) is 2.49. The number of likely N-dealkylation sites (tertiary alicyclic amines) is 2. The van der Waals surface area contributed by atoms with Crippen LogP contribution in [0, 0.1) is 19.8 Å². The highest BCUT2D eigenvalue weighted by atomic mass is 16.5. The molecule has 0 unspecified atom stereocenters. The average molecular weight is 332 g/mol. The monoisotopic (exact) mass is 332 g/mol. The molecule has 1 aromatic rings. The minimum absolute atomic E-state index is 0.157. The van der Waals surface area contributed by atoms with Crippen molar-refractivity contribution in [2.75, 3.05) is 32.8 Å². The molecule has 1 amide bonds. The van der Waals surface area contributed by atoms with Gasteiger partial charge >= 0.3 is 0 Å². The van der Waals surface area contributed by atoms with Crippen LogP contribution < -0.4 is 0 Å². The summed E-state index contributed by atoms with van der Waals surface area (Å²) in [6.07, 6.45) is 4.58. The third kappa shape index (κ3) is 2.88. The number of furan rings is 1. The van der Waals surface area contributed by atoms with E-state index in [9.17, 15) is 4.79 Å². The molecule has 3 aliphatic rings. The SMILES string of the molecule is Cc1cc(C(=O)N2CC[C@H]3[C@@H]2CCN3CC2CCOCC2)c(C)o1. The van der Waals surface area contributed by atoms with Crippen LogP contribution in [0.2, 0.25) is 0 Å². The van der Waals surface area contributed by atoms with Crippen LogP contribution in [-0.2, 0) is 4.74 Å². The zero-order valence-electron chi connectivity index (χ0n) is 14.8. The molecule has 3 aliphatic heterocycles. The highest BCUT2D eigenvalue weighted by Gasteiger charge is 2.45. The molecular formula is C19H28N2O3. The summed E-state index contributed by atoms with van der Waals surface area (Å²) < 4.78 is 11.0. The highest BCUT2D eigenvalue weighted by molar-refractivity contribution is 5.95. The van der Waals surface area contributed by atoms with E-state index < -0.39 is 0 Å². The molecule has 0 aliphatic carbocycles. The van der Waals surface area contributed by atoms with Crippen LogP contribution in [-0.4, -0.2) is 60.6 Å². The number of carbonyl (C=O) groups is 1. The molecule has 0 saturated carbocycles. The number of aryl methyl sites for hydroxylation is 2. The molecule has 0 radical (unpaired) electrons. The van der Waals surface area contributed by atoms with Crippen LogP contribution in [0.15, 0.2) is 10.5 Å². The molecule has 4 rings (SSSR count). The fraction of sp³-hybridized carbons (Fsp3) is 0.737. The van der Waals surface area contributed by atoms with Crippen molar-refractivity contribution in [3.8, 4) is 0 Å². The van der Waals surface area contributed by atoms with Gasteiger partial charge in [-0.1, -0.05) is 0 Å². The second-order valence-electron chi connectivity index (χ2n) is 7.59. The molecule has 2 atom stereocenters. The first-order chi connectivity index (χ1) is 11.6. The smallest absolute Gasteiger partial charge is 0.257 e. The van der Waals surface area contributed by atoms with E-state index in [0.717, 1.165) is 62.1 Å². The summed E-state index contributed by atoms with van der Waals surface area (Å²) in [5, 5.41) is 0. The van der Waals surface area contributed by atoms with Crippen LogP contribution in [0.1, 0.15) is 47.6 Å². The normalized spacial score (nSPS) is 28.5. The lowest BCUT2D eigenvalue weighted by Gasteiger charge is -2.30. The van der Waals surface area contributed by atoms with Crippen molar-refractivity contribution in [1.82, 2.24) is 9.80 Å². The Morgan fingerprint density at radius 3 is 2.58 bits per heavy atom. The van der Waals surface area contributed by atoms with Gasteiger partial charge < -0.3 is 14.1 Å². The van der Waals surface area contributed by atoms with Crippen LogP contribution in [0.4, 0.5) is 0 Å². The van der Waals surface area contributed by atoms with Crippen molar-refractivity contribution in [3.63, 3.8) is 0 Å². The lowest BCUT2D eigenvalue weighted by atomic mass is 9.99. The number of rotatable bonds is 3. The van der Waals surface area contributed by atoms with Crippen molar-refractivity contribution in [2.24, 2.45) is 5.92 Å². The third-order valence-electron chi connectivity index (χ3n) is 6.06. The number of nitrogens with zero attached hydrogens (tertiary/aromatic N) is 2. The molecule has 5 heteroatoms. The summed E-state index contributed by atoms with van der Waals surface area (Å²) in [5.41, 5.74) is 0.746. The van der Waals surface area contributed by atoms with E-state index in [0.29, 0.717) is 12.1 Å². The summed E-state index contributed by atoms with van der Waals surface area (Å²) in [7, 11) is 0. The van der Waals surface area contributed by atoms with Gasteiger partial charge in [-0.05, 0) is 51.5 Å². The molecule has 3 fully saturated rings. The maximum absolute atomic E-state index is 13.0. The zero-order chi connectivity index (χ0) is 16.7. The molecule has 24 heavy (non-hydrogen) atoms. The van der Waals surface area contributed by atoms with Crippen LogP contribution >= 0.6 is 0 Å². The van der Waals surface area contributed by atoms with Gasteiger partial charge in [0.2, 0.25) is 0 Å². The average Bonchev–Trinajstić information content (AvgIpc) is 3.24. The summed E-state index contributed by atoms with van der Waals surface area (Å²) in [6.45, 7) is 8.80. The fourth-order valence-corrected chi connectivity index (χ4v) is 4.81. The van der Waals surface area contributed by atoms with Gasteiger partial charge in [-0.3, -0.25) is 9.69 Å². The predicted molar refractivity (Wildman–Crippen MR) is 91.1 cm³/mol. The summed E-state index contributed by atoms with van der Waals surface area (Å²) >= 11 is 0. The Morgan fingerprint density at radius 1 is 1.12 bits per heavy atom. The molecule has 132 valence electrons. The topological polar surface area (TPSA) is 45.9 Å². The molecule has 0 bridgehead atoms. The van der Waals surface area contributed by atoms with Crippen molar-refractivity contribution in [3.05, 3.63) is 23.2 Å². The molecule has 0 aromatic carbocycles. The Balaban J connectivity index is 1.42. The van der Waals surface area contributed by atoms with E-state index in [-0.39, 0.29) is 5.91 Å². The molecule has 4 heterocycles. The van der Waals surface area contributed by atoms with E-state index >= 15 is 0 Å². The molecule has 3 saturated heterocycles. The maximum atomic E-state index is 13.0. The molecule has 0 spiro atoms. The van der Waals surface area contributed by atoms with Crippen molar-refractivity contribution >= 4 is 5.91 Å². The van der Waals surface area contributed by atoms with Crippen molar-refractivity contribution < 1.29 is 13.9 Å². The van der Waals surface area contributed by atoms with Gasteiger partial charge in [-0.25, -0.2) is 0 Å². The van der Waals surface area contributed by atoms with E-state index in [2.05, 4.69) is 9.80 Å². The standard InChI is InChI=1S/C19H28N2O3/c1-13-11-16(14(2)24-13)19(22)21-8-4-17-18(21)3-7-20(17)12-15-5-9-23-10-6-15/h11,15,17-18H,3-10,12H2,1-2H3/t17-,18-/m0/s1. The Bertz CT molecular complexity index is 606. The van der Waals surface area contributed by atoms with Crippen LogP contribution in [0.3, 0.4) is 0 Å². The van der Waals surface area contributed by atoms with Crippen LogP contribution in [0.25, 0.3) is 0 Å². The van der Waals surface area contributed by atoms with Gasteiger partial charge in [-0.2, -0.15) is 0 Å². The highest BCUT2D eigenvalue weighted by Crippen LogP contribution is 2.34. The second-order valence-corrected chi connectivity index (χ2v) is 7.59. The van der Waals surface area contributed by atoms with Crippen molar-refractivity contribution in [1.29, 1.82) is 0 Å². The zero-order valence-corrected chi connectivity index (χ0v) is 14.8. The van der Waals surface area contributed by atoms with Crippen molar-refractivity contribution in [2.45, 2.75) is 51.6 Å². The third-order valence-corrected chi connectivity index (χ3v) is 6.06. The Morgan fingerprint density at radius 2 is 1.88 bits per heavy atom. The lowest BCUT2D eigenvalue weighted by molar-refractivity contribution is 0.0502. The first kappa shape index (κ1) is 16.2. The van der Waals surface area contributed by atoms with E-state index in [1.165, 1.54) is 19.4 Å². The Hall–Kier alpha value is -1.33. The molecule has 5 nitrogen and oxygen atoms in total. The molecule has 0 N–H and O–H groups in total. The van der Waals surface area contributed by atoms with Gasteiger partial charge in [0.1, 0.15) is 11.5 Å². The van der Waals surface area contributed by atoms with Gasteiger partial charge in [0.05, 0.1) is 5.56 Å². The number of hydrogen-bond donors (Lipinski definition) is 0. The maximum Gasteiger partial charge on any atom is 0.257 e. The van der Waals surface area contributed by atoms with E-state index in [1.54, 1.807) is 0 Å². The minimum atomic E-state index is 0.157. The fourth-order valence-electron chi connectivity index (χ4n) is 4.81. The van der Waals surface area contributed by atoms with Crippen LogP contribution in [0.5, 0.6) is 0 Å². The van der Waals surface area contributed by atoms with Gasteiger partial charge in [0, 0.05) is 44.9 Å². The van der Waals surface area contributed by atoms with E-state index in [1.807, 2.05) is 19.9 Å². The molecular weight excluding hydrogens is 304 g/mol. The number of hydrogen-bond acceptors (Lipinski definition) is 4. The molecule has 1 aromatic heterocycles.